The quantitative estimate of drug-likeness (QED) is 0.194. The fourth-order valence-corrected chi connectivity index (χ4v) is 7.34. The molecule has 0 atom stereocenters. The molecule has 0 aliphatic rings. The van der Waals surface area contributed by atoms with Crippen LogP contribution in [0, 0.1) is 0 Å². The average molecular weight is 780 g/mol. The van der Waals surface area contributed by atoms with Gasteiger partial charge >= 0.3 is 0 Å². The molecule has 4 aromatic carbocycles. The first-order valence-electron chi connectivity index (χ1n) is 8.82. The molecule has 0 amide bonds. The van der Waals surface area contributed by atoms with Crippen LogP contribution < -0.4 is 0 Å². The third-order valence-corrected chi connectivity index (χ3v) is 7.31. The maximum absolute atomic E-state index is 3.66. The van der Waals surface area contributed by atoms with Crippen molar-refractivity contribution in [1.82, 2.24) is 0 Å². The predicted molar refractivity (Wildman–Crippen MR) is 149 cm³/mol. The van der Waals surface area contributed by atoms with Gasteiger partial charge in [0.05, 0.1) is 0 Å². The van der Waals surface area contributed by atoms with E-state index >= 15 is 0 Å². The van der Waals surface area contributed by atoms with Crippen LogP contribution in [-0.4, -0.2) is 0 Å². The highest BCUT2D eigenvalue weighted by Gasteiger charge is 2.16. The minimum atomic E-state index is 1.03. The zero-order valence-electron chi connectivity index (χ0n) is 15.2. The van der Waals surface area contributed by atoms with Crippen molar-refractivity contribution in [1.29, 1.82) is 0 Å². The van der Waals surface area contributed by atoms with E-state index in [1.54, 1.807) is 0 Å². The van der Waals surface area contributed by atoms with E-state index in [-0.39, 0.29) is 0 Å². The Balaban J connectivity index is 2.09. The van der Waals surface area contributed by atoms with Crippen LogP contribution >= 0.6 is 95.6 Å². The van der Waals surface area contributed by atoms with Gasteiger partial charge < -0.3 is 0 Å². The van der Waals surface area contributed by atoms with Crippen LogP contribution in [-0.2, 0) is 0 Å². The fourth-order valence-electron chi connectivity index (χ4n) is 3.46. The van der Waals surface area contributed by atoms with Crippen molar-refractivity contribution in [2.45, 2.75) is 0 Å². The monoisotopic (exact) mass is 774 g/mol. The SMILES string of the molecule is Brc1cc(Br)cc(-c2cccc(-c3cc(Br)cc(Br)c3)c2-c2cc(Br)cc(Br)c2)c1. The van der Waals surface area contributed by atoms with E-state index in [1.165, 1.54) is 5.56 Å². The molecule has 0 aromatic heterocycles. The summed E-state index contributed by atoms with van der Waals surface area (Å²) in [6.45, 7) is 0. The molecule has 150 valence electrons. The minimum Gasteiger partial charge on any atom is -0.0610 e. The van der Waals surface area contributed by atoms with E-state index < -0.39 is 0 Å². The highest BCUT2D eigenvalue weighted by molar-refractivity contribution is 9.11. The van der Waals surface area contributed by atoms with Crippen LogP contribution in [0.25, 0.3) is 33.4 Å². The van der Waals surface area contributed by atoms with E-state index in [0.717, 1.165) is 54.7 Å². The molecule has 0 fully saturated rings. The van der Waals surface area contributed by atoms with Crippen molar-refractivity contribution in [3.05, 3.63) is 99.6 Å². The van der Waals surface area contributed by atoms with E-state index in [1.807, 2.05) is 12.1 Å². The Kier molecular flexibility index (Phi) is 7.43. The van der Waals surface area contributed by atoms with Crippen LogP contribution in [0.1, 0.15) is 0 Å². The molecule has 4 aromatic rings. The number of halogens is 6. The first kappa shape index (κ1) is 22.9. The van der Waals surface area contributed by atoms with Gasteiger partial charge in [-0.2, -0.15) is 0 Å². The summed E-state index contributed by atoms with van der Waals surface area (Å²) < 4.78 is 6.18. The number of rotatable bonds is 3. The molecule has 4 rings (SSSR count). The lowest BCUT2D eigenvalue weighted by Gasteiger charge is -2.18. The van der Waals surface area contributed by atoms with Gasteiger partial charge in [0.2, 0.25) is 0 Å². The molecule has 0 saturated heterocycles. The van der Waals surface area contributed by atoms with Crippen molar-refractivity contribution in [2.75, 3.05) is 0 Å². The van der Waals surface area contributed by atoms with Gasteiger partial charge in [-0.15, -0.1) is 0 Å². The van der Waals surface area contributed by atoms with Crippen molar-refractivity contribution >= 4 is 95.6 Å². The number of hydrogen-bond donors (Lipinski definition) is 0. The Morgan fingerprint density at radius 1 is 0.367 bits per heavy atom. The van der Waals surface area contributed by atoms with Gasteiger partial charge in [0.1, 0.15) is 0 Å². The lowest BCUT2D eigenvalue weighted by molar-refractivity contribution is 1.51. The van der Waals surface area contributed by atoms with Crippen molar-refractivity contribution in [3.8, 4) is 33.4 Å². The highest BCUT2D eigenvalue weighted by atomic mass is 79.9. The molecule has 0 spiro atoms. The molecule has 0 unspecified atom stereocenters. The van der Waals surface area contributed by atoms with Gasteiger partial charge in [-0.3, -0.25) is 0 Å². The largest absolute Gasteiger partial charge is 0.0610 e. The predicted octanol–water partition coefficient (Wildman–Crippen LogP) is 11.3. The summed E-state index contributed by atoms with van der Waals surface area (Å²) in [5.74, 6) is 0. The molecule has 0 nitrogen and oxygen atoms in total. The topological polar surface area (TPSA) is 0 Å². The van der Waals surface area contributed by atoms with Gasteiger partial charge in [0.15, 0.2) is 0 Å². The molecule has 0 aliphatic carbocycles. The summed E-state index contributed by atoms with van der Waals surface area (Å²) in [5.41, 5.74) is 6.91. The molecule has 6 heteroatoms. The second-order valence-corrected chi connectivity index (χ2v) is 12.2. The van der Waals surface area contributed by atoms with Crippen molar-refractivity contribution < 1.29 is 0 Å². The second kappa shape index (κ2) is 9.72. The molecular weight excluding hydrogens is 768 g/mol. The van der Waals surface area contributed by atoms with Crippen LogP contribution in [0.15, 0.2) is 99.6 Å². The van der Waals surface area contributed by atoms with E-state index in [4.69, 9.17) is 0 Å². The Bertz CT molecular complexity index is 1130. The van der Waals surface area contributed by atoms with Gasteiger partial charge in [-0.1, -0.05) is 114 Å². The molecule has 0 radical (unpaired) electrons. The van der Waals surface area contributed by atoms with Crippen LogP contribution in [0.3, 0.4) is 0 Å². The molecule has 30 heavy (non-hydrogen) atoms. The van der Waals surface area contributed by atoms with Gasteiger partial charge in [0, 0.05) is 26.8 Å². The average Bonchev–Trinajstić information content (AvgIpc) is 2.65. The van der Waals surface area contributed by atoms with E-state index in [0.29, 0.717) is 0 Å². The van der Waals surface area contributed by atoms with Crippen LogP contribution in [0.4, 0.5) is 0 Å². The molecule has 0 N–H and O–H groups in total. The highest BCUT2D eigenvalue weighted by Crippen LogP contribution is 2.43. The van der Waals surface area contributed by atoms with E-state index in [9.17, 15) is 0 Å². The molecular formula is C24H12Br6. The van der Waals surface area contributed by atoms with Crippen LogP contribution in [0.5, 0.6) is 0 Å². The summed E-state index contributed by atoms with van der Waals surface area (Å²) in [4.78, 5) is 0. The number of hydrogen-bond acceptors (Lipinski definition) is 0. The second-order valence-electron chi connectivity index (χ2n) is 6.70. The first-order valence-corrected chi connectivity index (χ1v) is 13.6. The summed E-state index contributed by atoms with van der Waals surface area (Å²) in [5, 5.41) is 0. The third-order valence-electron chi connectivity index (χ3n) is 4.56. The third kappa shape index (κ3) is 5.21. The Morgan fingerprint density at radius 3 is 1.00 bits per heavy atom. The molecule has 0 saturated carbocycles. The maximum Gasteiger partial charge on any atom is 0.0192 e. The normalized spacial score (nSPS) is 11.0. The zero-order valence-corrected chi connectivity index (χ0v) is 24.7. The zero-order chi connectivity index (χ0) is 21.4. The van der Waals surface area contributed by atoms with Gasteiger partial charge in [-0.25, -0.2) is 0 Å². The van der Waals surface area contributed by atoms with Crippen molar-refractivity contribution in [2.24, 2.45) is 0 Å². The number of benzene rings is 4. The van der Waals surface area contributed by atoms with Gasteiger partial charge in [0.25, 0.3) is 0 Å². The summed E-state index contributed by atoms with van der Waals surface area (Å²) >= 11 is 21.9. The lowest BCUT2D eigenvalue weighted by atomic mass is 9.88. The Labute approximate surface area is 226 Å². The van der Waals surface area contributed by atoms with Crippen LogP contribution in [0.2, 0.25) is 0 Å². The van der Waals surface area contributed by atoms with E-state index in [2.05, 4.69) is 156 Å². The molecule has 0 heterocycles. The molecule has 0 aliphatic heterocycles. The van der Waals surface area contributed by atoms with Crippen molar-refractivity contribution in [3.63, 3.8) is 0 Å². The summed E-state index contributed by atoms with van der Waals surface area (Å²) in [6.07, 6.45) is 0. The smallest absolute Gasteiger partial charge is 0.0192 e. The summed E-state index contributed by atoms with van der Waals surface area (Å²) in [7, 11) is 0. The minimum absolute atomic E-state index is 1.03. The maximum atomic E-state index is 3.66. The first-order chi connectivity index (χ1) is 14.3. The Morgan fingerprint density at radius 2 is 0.667 bits per heavy atom. The lowest BCUT2D eigenvalue weighted by Crippen LogP contribution is -1.92. The van der Waals surface area contributed by atoms with Gasteiger partial charge in [-0.05, 0) is 88.0 Å². The summed E-state index contributed by atoms with van der Waals surface area (Å²) in [6, 6.07) is 25.5. The molecule has 0 bridgehead atoms. The Hall–Kier alpha value is -0.240. The standard InChI is InChI=1S/C24H12Br6/c25-16-4-13(5-17(26)10-16)22-2-1-3-23(14-6-18(27)11-19(28)7-14)24(22)15-8-20(29)12-21(30)9-15/h1-12H. The fraction of sp³-hybridized carbons (Fsp3) is 0.